The first kappa shape index (κ1) is 11.3. The van der Waals surface area contributed by atoms with E-state index in [0.717, 1.165) is 18.1 Å². The highest BCUT2D eigenvalue weighted by molar-refractivity contribution is 5.32. The normalized spacial score (nSPS) is 22.6. The van der Waals surface area contributed by atoms with Gasteiger partial charge in [0.2, 0.25) is 5.95 Å². The predicted molar refractivity (Wildman–Crippen MR) is 65.3 cm³/mol. The number of fused-ring (bicyclic) bond motifs is 1. The summed E-state index contributed by atoms with van der Waals surface area (Å²) in [6, 6.07) is 4.32. The standard InChI is InChI=1S/C12H16N4O2/c1-8-6-9(10-4-3-5-18-10)16-12(13-8)14-11(15-16)7-17-2/h3-5,8-9H,6-7H2,1-2H3,(H,13,14,15)/t8-,9+/m0/s1. The summed E-state index contributed by atoms with van der Waals surface area (Å²) in [5.41, 5.74) is 0. The second-order valence-corrected chi connectivity index (χ2v) is 4.54. The van der Waals surface area contributed by atoms with Crippen molar-refractivity contribution in [2.45, 2.75) is 32.0 Å². The molecule has 6 nitrogen and oxygen atoms in total. The van der Waals surface area contributed by atoms with Crippen molar-refractivity contribution in [1.82, 2.24) is 14.8 Å². The van der Waals surface area contributed by atoms with Gasteiger partial charge in [0.15, 0.2) is 5.82 Å². The van der Waals surface area contributed by atoms with Crippen LogP contribution in [0.1, 0.15) is 31.0 Å². The van der Waals surface area contributed by atoms with Crippen LogP contribution in [0.3, 0.4) is 0 Å². The Bertz CT molecular complexity index is 520. The lowest BCUT2D eigenvalue weighted by Gasteiger charge is -2.27. The van der Waals surface area contributed by atoms with Crippen LogP contribution in [0.25, 0.3) is 0 Å². The van der Waals surface area contributed by atoms with Gasteiger partial charge in [0.25, 0.3) is 0 Å². The molecular formula is C12H16N4O2. The predicted octanol–water partition coefficient (Wildman–Crippen LogP) is 1.81. The number of anilines is 1. The summed E-state index contributed by atoms with van der Waals surface area (Å²) < 4.78 is 12.5. The van der Waals surface area contributed by atoms with Crippen molar-refractivity contribution in [3.8, 4) is 0 Å². The molecule has 0 radical (unpaired) electrons. The first-order valence-electron chi connectivity index (χ1n) is 6.02. The van der Waals surface area contributed by atoms with Crippen molar-refractivity contribution in [1.29, 1.82) is 0 Å². The number of rotatable bonds is 3. The maximum atomic E-state index is 5.50. The van der Waals surface area contributed by atoms with Gasteiger partial charge in [0, 0.05) is 13.2 Å². The van der Waals surface area contributed by atoms with Crippen LogP contribution < -0.4 is 5.32 Å². The molecule has 18 heavy (non-hydrogen) atoms. The van der Waals surface area contributed by atoms with E-state index >= 15 is 0 Å². The van der Waals surface area contributed by atoms with Crippen LogP contribution in [0, 0.1) is 0 Å². The number of hydrogen-bond donors (Lipinski definition) is 1. The fourth-order valence-corrected chi connectivity index (χ4v) is 2.31. The summed E-state index contributed by atoms with van der Waals surface area (Å²) in [6.45, 7) is 2.55. The summed E-state index contributed by atoms with van der Waals surface area (Å²) in [6.07, 6.45) is 2.62. The quantitative estimate of drug-likeness (QED) is 0.897. The fraction of sp³-hybridized carbons (Fsp3) is 0.500. The molecule has 3 rings (SSSR count). The Balaban J connectivity index is 1.98. The van der Waals surface area contributed by atoms with Gasteiger partial charge in [-0.3, -0.25) is 0 Å². The lowest BCUT2D eigenvalue weighted by Crippen LogP contribution is -2.30. The van der Waals surface area contributed by atoms with E-state index in [-0.39, 0.29) is 6.04 Å². The summed E-state index contributed by atoms with van der Waals surface area (Å²) in [5, 5.41) is 7.79. The van der Waals surface area contributed by atoms with E-state index in [2.05, 4.69) is 22.3 Å². The van der Waals surface area contributed by atoms with Crippen molar-refractivity contribution in [2.75, 3.05) is 12.4 Å². The number of nitrogens with zero attached hydrogens (tertiary/aromatic N) is 3. The summed E-state index contributed by atoms with van der Waals surface area (Å²) in [7, 11) is 1.64. The monoisotopic (exact) mass is 248 g/mol. The topological polar surface area (TPSA) is 65.1 Å². The molecule has 0 aliphatic carbocycles. The highest BCUT2D eigenvalue weighted by atomic mass is 16.5. The van der Waals surface area contributed by atoms with Gasteiger partial charge in [-0.15, -0.1) is 0 Å². The van der Waals surface area contributed by atoms with Gasteiger partial charge < -0.3 is 14.5 Å². The van der Waals surface area contributed by atoms with Crippen LogP contribution in [0.2, 0.25) is 0 Å². The van der Waals surface area contributed by atoms with Crippen LogP contribution >= 0.6 is 0 Å². The maximum absolute atomic E-state index is 5.50. The molecule has 2 atom stereocenters. The zero-order valence-electron chi connectivity index (χ0n) is 10.5. The lowest BCUT2D eigenvalue weighted by molar-refractivity contribution is 0.177. The Kier molecular flexibility index (Phi) is 2.79. The number of methoxy groups -OCH3 is 1. The molecule has 0 spiro atoms. The Labute approximate surface area is 105 Å². The van der Waals surface area contributed by atoms with Gasteiger partial charge in [0.05, 0.1) is 6.26 Å². The molecule has 0 amide bonds. The minimum Gasteiger partial charge on any atom is -0.467 e. The maximum Gasteiger partial charge on any atom is 0.222 e. The fourth-order valence-electron chi connectivity index (χ4n) is 2.31. The Hall–Kier alpha value is -1.82. The van der Waals surface area contributed by atoms with Gasteiger partial charge in [-0.05, 0) is 25.5 Å². The van der Waals surface area contributed by atoms with E-state index in [0.29, 0.717) is 18.5 Å². The molecule has 6 heteroatoms. The third-order valence-corrected chi connectivity index (χ3v) is 3.07. The molecular weight excluding hydrogens is 232 g/mol. The van der Waals surface area contributed by atoms with Gasteiger partial charge >= 0.3 is 0 Å². The molecule has 0 bridgehead atoms. The minimum atomic E-state index is 0.101. The molecule has 96 valence electrons. The molecule has 1 aliphatic rings. The van der Waals surface area contributed by atoms with Gasteiger partial charge in [-0.1, -0.05) is 0 Å². The van der Waals surface area contributed by atoms with Crippen molar-refractivity contribution in [3.05, 3.63) is 30.0 Å². The molecule has 0 saturated carbocycles. The van der Waals surface area contributed by atoms with Gasteiger partial charge in [-0.25, -0.2) is 4.68 Å². The van der Waals surface area contributed by atoms with E-state index in [4.69, 9.17) is 9.15 Å². The SMILES string of the molecule is COCc1nc2n(n1)[C@@H](c1ccco1)C[C@H](C)N2. The van der Waals surface area contributed by atoms with Crippen molar-refractivity contribution < 1.29 is 9.15 Å². The average molecular weight is 248 g/mol. The summed E-state index contributed by atoms with van der Waals surface area (Å²) in [5.74, 6) is 2.38. The Morgan fingerprint density at radius 3 is 3.22 bits per heavy atom. The van der Waals surface area contributed by atoms with Gasteiger partial charge in [0.1, 0.15) is 18.4 Å². The first-order valence-corrected chi connectivity index (χ1v) is 6.02. The zero-order valence-corrected chi connectivity index (χ0v) is 10.5. The van der Waals surface area contributed by atoms with Crippen LogP contribution in [0.4, 0.5) is 5.95 Å². The minimum absolute atomic E-state index is 0.101. The van der Waals surface area contributed by atoms with Crippen molar-refractivity contribution >= 4 is 5.95 Å². The van der Waals surface area contributed by atoms with Crippen LogP contribution in [0.15, 0.2) is 22.8 Å². The molecule has 1 N–H and O–H groups in total. The highest BCUT2D eigenvalue weighted by Gasteiger charge is 2.29. The number of nitrogens with one attached hydrogen (secondary N) is 1. The van der Waals surface area contributed by atoms with E-state index < -0.39 is 0 Å². The number of ether oxygens (including phenoxy) is 1. The number of furan rings is 1. The summed E-state index contributed by atoms with van der Waals surface area (Å²) in [4.78, 5) is 4.43. The Morgan fingerprint density at radius 2 is 2.50 bits per heavy atom. The largest absolute Gasteiger partial charge is 0.467 e. The number of hydrogen-bond acceptors (Lipinski definition) is 5. The van der Waals surface area contributed by atoms with E-state index in [1.54, 1.807) is 13.4 Å². The second kappa shape index (κ2) is 4.45. The molecule has 0 saturated heterocycles. The molecule has 0 unspecified atom stereocenters. The molecule has 0 fully saturated rings. The molecule has 1 aliphatic heterocycles. The number of aromatic nitrogens is 3. The van der Waals surface area contributed by atoms with E-state index in [1.165, 1.54) is 0 Å². The molecule has 0 aromatic carbocycles. The average Bonchev–Trinajstić information content (AvgIpc) is 2.96. The van der Waals surface area contributed by atoms with E-state index in [1.807, 2.05) is 16.8 Å². The zero-order chi connectivity index (χ0) is 12.5. The molecule has 2 aromatic rings. The molecule has 3 heterocycles. The summed E-state index contributed by atoms with van der Waals surface area (Å²) >= 11 is 0. The Morgan fingerprint density at radius 1 is 1.61 bits per heavy atom. The van der Waals surface area contributed by atoms with Crippen LogP contribution in [0.5, 0.6) is 0 Å². The smallest absolute Gasteiger partial charge is 0.222 e. The third-order valence-electron chi connectivity index (χ3n) is 3.07. The molecule has 2 aromatic heterocycles. The third kappa shape index (κ3) is 1.88. The highest BCUT2D eigenvalue weighted by Crippen LogP contribution is 2.31. The first-order chi connectivity index (χ1) is 8.78. The van der Waals surface area contributed by atoms with Crippen molar-refractivity contribution in [2.24, 2.45) is 0 Å². The lowest BCUT2D eigenvalue weighted by atomic mass is 10.0. The van der Waals surface area contributed by atoms with Gasteiger partial charge in [-0.2, -0.15) is 10.1 Å². The van der Waals surface area contributed by atoms with E-state index in [9.17, 15) is 0 Å². The second-order valence-electron chi connectivity index (χ2n) is 4.54. The van der Waals surface area contributed by atoms with Crippen molar-refractivity contribution in [3.63, 3.8) is 0 Å². The van der Waals surface area contributed by atoms with Crippen LogP contribution in [-0.2, 0) is 11.3 Å². The van der Waals surface area contributed by atoms with Crippen LogP contribution in [-0.4, -0.2) is 27.9 Å².